The number of aryl methyl sites for hydroxylation is 2. The van der Waals surface area contributed by atoms with Crippen molar-refractivity contribution in [1.29, 1.82) is 0 Å². The number of unbranched alkanes of at least 4 members (excludes halogenated alkanes) is 2. The Balaban J connectivity index is 1.56. The number of aliphatic hydroxyl groups excluding tert-OH is 1. The van der Waals surface area contributed by atoms with Crippen LogP contribution in [0.15, 0.2) is 32.9 Å². The quantitative estimate of drug-likeness (QED) is 0.0528. The third-order valence-corrected chi connectivity index (χ3v) is 7.03. The van der Waals surface area contributed by atoms with Gasteiger partial charge in [0.05, 0.1) is 36.5 Å². The van der Waals surface area contributed by atoms with Gasteiger partial charge in [-0.1, -0.05) is 26.7 Å². The summed E-state index contributed by atoms with van der Waals surface area (Å²) < 4.78 is 7.07. The normalized spacial score (nSPS) is 11.7. The standard InChI is InChI=1S/C27H33N17O5/c1-4-6-8-15-18(35-39-22-13(10-30-37-22)17(46)12-45)20(28)43(41-15)25-32-26(34-27(48)33-25)44-21(29)19(16(42-44)9-7-5-2)36-40-23-14(11-31-38-23)24(47)49-3/h10-11,45H,4-9,12,28-29H2,1-3H3,(H,30,37)(H,31,38)(H,32,33,34,48). The van der Waals surface area contributed by atoms with Crippen molar-refractivity contribution >= 4 is 46.4 Å². The zero-order valence-electron chi connectivity index (χ0n) is 26.7. The van der Waals surface area contributed by atoms with Gasteiger partial charge in [-0.05, 0) is 25.7 Å². The first-order chi connectivity index (χ1) is 23.7. The number of ketones is 1. The molecule has 0 amide bonds. The van der Waals surface area contributed by atoms with E-state index in [0.717, 1.165) is 35.0 Å². The number of esters is 1. The summed E-state index contributed by atoms with van der Waals surface area (Å²) in [4.78, 5) is 36.6. The highest BCUT2D eigenvalue weighted by atomic mass is 16.5. The third kappa shape index (κ3) is 7.12. The molecule has 0 fully saturated rings. The molecule has 22 nitrogen and oxygen atoms in total. The number of H-pyrrole nitrogens is 2. The predicted octanol–water partition coefficient (Wildman–Crippen LogP) is 3.04. The lowest BCUT2D eigenvalue weighted by Gasteiger charge is -2.06. The molecular formula is C27H33N17O5. The number of aliphatic hydroxyl groups is 1. The number of nitrogens with two attached hydrogens (primary N) is 2. The number of carbonyl (C=O) groups excluding carboxylic acids is 2. The van der Waals surface area contributed by atoms with Crippen LogP contribution in [0, 0.1) is 0 Å². The lowest BCUT2D eigenvalue weighted by molar-refractivity contribution is 0.0601. The number of nitrogens with one attached hydrogen (secondary N) is 2. The largest absolute Gasteiger partial charge is 0.479 e. The zero-order valence-corrected chi connectivity index (χ0v) is 26.7. The van der Waals surface area contributed by atoms with Crippen LogP contribution in [-0.2, 0) is 17.6 Å². The van der Waals surface area contributed by atoms with E-state index < -0.39 is 24.4 Å². The van der Waals surface area contributed by atoms with Crippen molar-refractivity contribution in [3.8, 4) is 17.9 Å². The van der Waals surface area contributed by atoms with Gasteiger partial charge in [0.2, 0.25) is 0 Å². The number of methoxy groups -OCH3 is 1. The van der Waals surface area contributed by atoms with Crippen LogP contribution in [0.25, 0.3) is 11.9 Å². The molecule has 0 aliphatic heterocycles. The van der Waals surface area contributed by atoms with Gasteiger partial charge in [-0.25, -0.2) is 4.79 Å². The highest BCUT2D eigenvalue weighted by Crippen LogP contribution is 2.34. The first kappa shape index (κ1) is 33.9. The summed E-state index contributed by atoms with van der Waals surface area (Å²) in [7, 11) is 1.23. The fourth-order valence-corrected chi connectivity index (χ4v) is 4.48. The fourth-order valence-electron chi connectivity index (χ4n) is 4.48. The number of azo groups is 2. The van der Waals surface area contributed by atoms with E-state index in [0.29, 0.717) is 24.2 Å². The molecule has 8 N–H and O–H groups in total. The molecule has 5 aromatic rings. The molecule has 0 aromatic carbocycles. The van der Waals surface area contributed by atoms with Crippen LogP contribution in [0.5, 0.6) is 6.01 Å². The number of hydrogen-bond donors (Lipinski definition) is 6. The van der Waals surface area contributed by atoms with Gasteiger partial charge in [0, 0.05) is 0 Å². The number of rotatable bonds is 15. The van der Waals surface area contributed by atoms with E-state index in [2.05, 4.69) is 66.0 Å². The van der Waals surface area contributed by atoms with Gasteiger partial charge in [0.25, 0.3) is 11.9 Å². The van der Waals surface area contributed by atoms with Crippen LogP contribution >= 0.6 is 0 Å². The molecule has 0 saturated carbocycles. The van der Waals surface area contributed by atoms with E-state index in [4.69, 9.17) is 16.2 Å². The Labute approximate surface area is 276 Å². The second-order valence-electron chi connectivity index (χ2n) is 10.4. The van der Waals surface area contributed by atoms with E-state index in [1.807, 2.05) is 13.8 Å². The summed E-state index contributed by atoms with van der Waals surface area (Å²) in [5.41, 5.74) is 14.3. The summed E-state index contributed by atoms with van der Waals surface area (Å²) in [6.07, 6.45) is 6.53. The molecule has 5 heterocycles. The SMILES string of the molecule is CCCCc1nn(-c2nc(O)nc(-n3nc(CCCC)c(N=Nc4[nH]ncc4C(=O)OC)c3N)n2)c(N)c1N=Nc1[nH]ncc1C(=O)CO. The average Bonchev–Trinajstić information content (AvgIpc) is 3.89. The number of Topliss-reactive ketones (excluding diaryl/α,β-unsaturated/α-hetero) is 1. The van der Waals surface area contributed by atoms with E-state index in [9.17, 15) is 19.8 Å². The van der Waals surface area contributed by atoms with Crippen molar-refractivity contribution in [3.05, 3.63) is 34.9 Å². The molecule has 0 radical (unpaired) electrons. The molecule has 0 unspecified atom stereocenters. The van der Waals surface area contributed by atoms with Crippen LogP contribution in [0.2, 0.25) is 0 Å². The molecule has 0 saturated heterocycles. The maximum absolute atomic E-state index is 12.1. The van der Waals surface area contributed by atoms with Crippen molar-refractivity contribution in [2.24, 2.45) is 20.5 Å². The van der Waals surface area contributed by atoms with Gasteiger partial charge in [-0.3, -0.25) is 15.0 Å². The van der Waals surface area contributed by atoms with Crippen LogP contribution < -0.4 is 11.5 Å². The van der Waals surface area contributed by atoms with Gasteiger partial charge < -0.3 is 26.4 Å². The van der Waals surface area contributed by atoms with Crippen LogP contribution in [0.3, 0.4) is 0 Å². The molecule has 5 aromatic heterocycles. The lowest BCUT2D eigenvalue weighted by atomic mass is 10.2. The van der Waals surface area contributed by atoms with Gasteiger partial charge >= 0.3 is 12.0 Å². The van der Waals surface area contributed by atoms with Crippen LogP contribution in [0.4, 0.5) is 34.6 Å². The summed E-state index contributed by atoms with van der Waals surface area (Å²) in [6, 6.07) is -0.689. The van der Waals surface area contributed by atoms with Crippen molar-refractivity contribution in [1.82, 2.24) is 54.9 Å². The highest BCUT2D eigenvalue weighted by Gasteiger charge is 2.24. The first-order valence-corrected chi connectivity index (χ1v) is 15.0. The molecule has 0 aliphatic rings. The van der Waals surface area contributed by atoms with E-state index in [1.54, 1.807) is 0 Å². The predicted molar refractivity (Wildman–Crippen MR) is 170 cm³/mol. The second kappa shape index (κ2) is 15.0. The van der Waals surface area contributed by atoms with Gasteiger partial charge in [-0.15, -0.1) is 20.5 Å². The maximum Gasteiger partial charge on any atom is 0.343 e. The zero-order chi connectivity index (χ0) is 35.1. The van der Waals surface area contributed by atoms with Gasteiger partial charge in [0.15, 0.2) is 40.4 Å². The highest BCUT2D eigenvalue weighted by molar-refractivity contribution is 6.00. The summed E-state index contributed by atoms with van der Waals surface area (Å²) in [5.74, 6) is -1.63. The maximum atomic E-state index is 12.1. The fraction of sp³-hybridized carbons (Fsp3) is 0.370. The first-order valence-electron chi connectivity index (χ1n) is 15.0. The number of nitrogen functional groups attached to an aromatic ring is 2. The summed E-state index contributed by atoms with van der Waals surface area (Å²) in [6.45, 7) is 3.27. The minimum atomic E-state index is -0.735. The monoisotopic (exact) mass is 675 g/mol. The molecular weight excluding hydrogens is 642 g/mol. The number of aromatic hydroxyl groups is 1. The Kier molecular flexibility index (Phi) is 10.4. The second-order valence-corrected chi connectivity index (χ2v) is 10.4. The molecule has 256 valence electrons. The van der Waals surface area contributed by atoms with Gasteiger partial charge in [0.1, 0.15) is 12.2 Å². The Morgan fingerprint density at radius 1 is 0.816 bits per heavy atom. The molecule has 0 atom stereocenters. The number of aromatic amines is 2. The lowest BCUT2D eigenvalue weighted by Crippen LogP contribution is -2.13. The molecule has 5 rings (SSSR count). The number of aromatic nitrogens is 11. The van der Waals surface area contributed by atoms with Crippen LogP contribution in [0.1, 0.15) is 71.6 Å². The minimum absolute atomic E-state index is 0.0165. The van der Waals surface area contributed by atoms with E-state index in [1.165, 1.54) is 19.5 Å². The molecule has 22 heteroatoms. The van der Waals surface area contributed by atoms with Crippen molar-refractivity contribution in [2.75, 3.05) is 25.2 Å². The van der Waals surface area contributed by atoms with Crippen molar-refractivity contribution in [3.63, 3.8) is 0 Å². The average molecular weight is 676 g/mol. The van der Waals surface area contributed by atoms with Crippen molar-refractivity contribution in [2.45, 2.75) is 52.4 Å². The number of nitrogens with zero attached hydrogens (tertiary/aromatic N) is 13. The Bertz CT molecular complexity index is 1880. The molecule has 49 heavy (non-hydrogen) atoms. The Hall–Kier alpha value is -6.45. The van der Waals surface area contributed by atoms with Gasteiger partial charge in [-0.2, -0.15) is 44.7 Å². The minimum Gasteiger partial charge on any atom is -0.479 e. The Morgan fingerprint density at radius 3 is 1.78 bits per heavy atom. The number of hydrogen-bond acceptors (Lipinski definition) is 18. The molecule has 0 spiro atoms. The smallest absolute Gasteiger partial charge is 0.343 e. The van der Waals surface area contributed by atoms with Crippen LogP contribution in [-0.4, -0.2) is 90.6 Å². The molecule has 0 bridgehead atoms. The Morgan fingerprint density at radius 2 is 1.31 bits per heavy atom. The topological polar surface area (TPSA) is 317 Å². The number of ether oxygens (including phenoxy) is 1. The van der Waals surface area contributed by atoms with E-state index in [-0.39, 0.29) is 57.7 Å². The van der Waals surface area contributed by atoms with Crippen molar-refractivity contribution < 1.29 is 24.5 Å². The third-order valence-electron chi connectivity index (χ3n) is 7.03. The van der Waals surface area contributed by atoms with E-state index >= 15 is 0 Å². The summed E-state index contributed by atoms with van der Waals surface area (Å²) in [5, 5.41) is 58.4. The summed E-state index contributed by atoms with van der Waals surface area (Å²) >= 11 is 0. The number of anilines is 2. The molecule has 0 aliphatic carbocycles. The number of carbonyl (C=O) groups is 2.